The smallest absolute Gasteiger partial charge is 0.302 e. The minimum absolute atomic E-state index is 0.0988. The Morgan fingerprint density at radius 3 is 1.80 bits per heavy atom. The van der Waals surface area contributed by atoms with Crippen molar-refractivity contribution in [2.45, 2.75) is 13.8 Å². The van der Waals surface area contributed by atoms with Gasteiger partial charge in [0.15, 0.2) is 0 Å². The van der Waals surface area contributed by atoms with Gasteiger partial charge in [-0.2, -0.15) is 0 Å². The van der Waals surface area contributed by atoms with Crippen molar-refractivity contribution in [3.63, 3.8) is 0 Å². The Labute approximate surface area is 118 Å². The third-order valence-corrected chi connectivity index (χ3v) is 5.79. The van der Waals surface area contributed by atoms with E-state index in [1.807, 2.05) is 6.07 Å². The third-order valence-electron chi connectivity index (χ3n) is 2.74. The van der Waals surface area contributed by atoms with Crippen LogP contribution in [-0.4, -0.2) is 37.5 Å². The summed E-state index contributed by atoms with van der Waals surface area (Å²) in [6.07, 6.45) is 0.496. The molecule has 110 valence electrons. The van der Waals surface area contributed by atoms with Crippen molar-refractivity contribution in [1.82, 2.24) is 0 Å². The molecule has 1 aromatic rings. The van der Waals surface area contributed by atoms with Crippen LogP contribution in [0, 0.1) is 0 Å². The summed E-state index contributed by atoms with van der Waals surface area (Å²) in [4.78, 5) is 21.6. The summed E-state index contributed by atoms with van der Waals surface area (Å²) in [5.41, 5.74) is 0. The van der Waals surface area contributed by atoms with Crippen LogP contribution in [-0.2, 0) is 23.6 Å². The number of carbonyl (C=O) groups excluding carboxylic acids is 2. The summed E-state index contributed by atoms with van der Waals surface area (Å²) in [5.74, 6) is -0.797. The highest BCUT2D eigenvalue weighted by atomic mass is 31.2. The van der Waals surface area contributed by atoms with Gasteiger partial charge in [-0.05, 0) is 0 Å². The first-order valence-corrected chi connectivity index (χ1v) is 8.42. The summed E-state index contributed by atoms with van der Waals surface area (Å²) < 4.78 is 22.7. The van der Waals surface area contributed by atoms with Gasteiger partial charge in [0.05, 0.1) is 13.2 Å². The molecule has 1 rings (SSSR count). The van der Waals surface area contributed by atoms with E-state index >= 15 is 0 Å². The van der Waals surface area contributed by atoms with E-state index in [0.717, 1.165) is 0 Å². The first-order valence-electron chi connectivity index (χ1n) is 6.34. The van der Waals surface area contributed by atoms with Crippen LogP contribution < -0.4 is 5.30 Å². The van der Waals surface area contributed by atoms with Crippen molar-refractivity contribution in [2.24, 2.45) is 0 Å². The second-order valence-electron chi connectivity index (χ2n) is 4.35. The molecule has 0 aliphatic heterocycles. The maximum absolute atomic E-state index is 13.0. The summed E-state index contributed by atoms with van der Waals surface area (Å²) >= 11 is 0. The lowest BCUT2D eigenvalue weighted by Crippen LogP contribution is -2.18. The topological polar surface area (TPSA) is 69.7 Å². The van der Waals surface area contributed by atoms with Gasteiger partial charge in [0.1, 0.15) is 7.14 Å². The highest BCUT2D eigenvalue weighted by Crippen LogP contribution is 2.43. The van der Waals surface area contributed by atoms with Crippen molar-refractivity contribution in [2.75, 3.05) is 25.5 Å². The second kappa shape index (κ2) is 7.85. The molecule has 0 aliphatic rings. The molecule has 0 spiro atoms. The van der Waals surface area contributed by atoms with Crippen LogP contribution in [0.25, 0.3) is 0 Å². The van der Waals surface area contributed by atoms with Crippen LogP contribution in [0.15, 0.2) is 30.3 Å². The number of benzene rings is 1. The monoisotopic (exact) mass is 298 g/mol. The van der Waals surface area contributed by atoms with Gasteiger partial charge in [-0.3, -0.25) is 9.59 Å². The van der Waals surface area contributed by atoms with Gasteiger partial charge in [0.2, 0.25) is 0 Å². The van der Waals surface area contributed by atoms with Crippen LogP contribution >= 0.6 is 7.14 Å². The molecule has 0 heterocycles. The zero-order chi connectivity index (χ0) is 15.0. The van der Waals surface area contributed by atoms with E-state index in [-0.39, 0.29) is 25.5 Å². The predicted octanol–water partition coefficient (Wildman–Crippen LogP) is 1.80. The number of ether oxygens (including phenoxy) is 2. The SMILES string of the molecule is CC(=O)OCCP(=O)(CCOC(C)=O)c1ccccc1. The quantitative estimate of drug-likeness (QED) is 0.567. The van der Waals surface area contributed by atoms with Crippen LogP contribution in [0.2, 0.25) is 0 Å². The van der Waals surface area contributed by atoms with E-state index in [9.17, 15) is 14.2 Å². The molecule has 0 bridgehead atoms. The molecular weight excluding hydrogens is 279 g/mol. The average Bonchev–Trinajstić information content (AvgIpc) is 2.39. The molecule has 0 fully saturated rings. The van der Waals surface area contributed by atoms with E-state index in [4.69, 9.17) is 9.47 Å². The molecule has 0 unspecified atom stereocenters. The van der Waals surface area contributed by atoms with Gasteiger partial charge >= 0.3 is 11.9 Å². The molecule has 0 amide bonds. The molecule has 0 aliphatic carbocycles. The van der Waals surface area contributed by atoms with Crippen LogP contribution in [0.5, 0.6) is 0 Å². The highest BCUT2D eigenvalue weighted by molar-refractivity contribution is 7.71. The van der Waals surface area contributed by atoms with E-state index in [1.165, 1.54) is 13.8 Å². The maximum Gasteiger partial charge on any atom is 0.302 e. The summed E-state index contributed by atoms with van der Waals surface area (Å²) in [5, 5.41) is 0.708. The molecule has 5 nitrogen and oxygen atoms in total. The normalized spacial score (nSPS) is 10.9. The molecule has 0 saturated carbocycles. The molecule has 0 atom stereocenters. The Kier molecular flexibility index (Phi) is 6.46. The lowest BCUT2D eigenvalue weighted by molar-refractivity contribution is -0.141. The van der Waals surface area contributed by atoms with Crippen LogP contribution in [0.1, 0.15) is 13.8 Å². The molecule has 1 aromatic carbocycles. The Balaban J connectivity index is 2.74. The standard InChI is InChI=1S/C14H19O5P/c1-12(15)18-8-10-20(17,11-9-19-13(2)16)14-6-4-3-5-7-14/h3-7H,8-11H2,1-2H3. The Morgan fingerprint density at radius 1 is 0.950 bits per heavy atom. The minimum Gasteiger partial charge on any atom is -0.465 e. The van der Waals surface area contributed by atoms with Gasteiger partial charge in [-0.1, -0.05) is 30.3 Å². The lowest BCUT2D eigenvalue weighted by atomic mass is 10.4. The number of hydrogen-bond acceptors (Lipinski definition) is 5. The largest absolute Gasteiger partial charge is 0.465 e. The van der Waals surface area contributed by atoms with Gasteiger partial charge in [0.25, 0.3) is 0 Å². The first kappa shape index (κ1) is 16.4. The Morgan fingerprint density at radius 2 is 1.40 bits per heavy atom. The number of hydrogen-bond donors (Lipinski definition) is 0. The fourth-order valence-electron chi connectivity index (χ4n) is 1.74. The summed E-state index contributed by atoms with van der Waals surface area (Å²) in [7, 11) is -2.74. The van der Waals surface area contributed by atoms with E-state index < -0.39 is 19.1 Å². The zero-order valence-corrected chi connectivity index (χ0v) is 12.6. The molecule has 20 heavy (non-hydrogen) atoms. The summed E-state index contributed by atoms with van der Waals surface area (Å²) in [6, 6.07) is 9.01. The molecule has 6 heteroatoms. The highest BCUT2D eigenvalue weighted by Gasteiger charge is 2.25. The van der Waals surface area contributed by atoms with Crippen molar-refractivity contribution in [1.29, 1.82) is 0 Å². The third kappa shape index (κ3) is 5.57. The van der Waals surface area contributed by atoms with Gasteiger partial charge in [-0.25, -0.2) is 0 Å². The predicted molar refractivity (Wildman–Crippen MR) is 76.7 cm³/mol. The minimum atomic E-state index is -2.74. The van der Waals surface area contributed by atoms with Crippen molar-refractivity contribution in [3.05, 3.63) is 30.3 Å². The van der Waals surface area contributed by atoms with Crippen LogP contribution in [0.3, 0.4) is 0 Å². The number of carbonyl (C=O) groups is 2. The van der Waals surface area contributed by atoms with Gasteiger partial charge in [0, 0.05) is 31.5 Å². The fourth-order valence-corrected chi connectivity index (χ4v) is 3.97. The maximum atomic E-state index is 13.0. The molecule has 0 radical (unpaired) electrons. The second-order valence-corrected chi connectivity index (χ2v) is 7.54. The van der Waals surface area contributed by atoms with Crippen molar-refractivity contribution in [3.8, 4) is 0 Å². The van der Waals surface area contributed by atoms with E-state index in [2.05, 4.69) is 0 Å². The average molecular weight is 298 g/mol. The van der Waals surface area contributed by atoms with Crippen LogP contribution in [0.4, 0.5) is 0 Å². The van der Waals surface area contributed by atoms with Crippen molar-refractivity contribution >= 4 is 24.4 Å². The number of esters is 2. The molecule has 0 N–H and O–H groups in total. The Hall–Kier alpha value is -1.61. The molecule has 0 aromatic heterocycles. The Bertz CT molecular complexity index is 474. The van der Waals surface area contributed by atoms with E-state index in [0.29, 0.717) is 5.30 Å². The lowest BCUT2D eigenvalue weighted by Gasteiger charge is -2.18. The van der Waals surface area contributed by atoms with E-state index in [1.54, 1.807) is 24.3 Å². The van der Waals surface area contributed by atoms with Crippen molar-refractivity contribution < 1.29 is 23.6 Å². The zero-order valence-electron chi connectivity index (χ0n) is 11.7. The summed E-state index contributed by atoms with van der Waals surface area (Å²) in [6.45, 7) is 2.82. The van der Waals surface area contributed by atoms with Gasteiger partial charge < -0.3 is 14.0 Å². The molecule has 0 saturated heterocycles. The molecular formula is C14H19O5P. The van der Waals surface area contributed by atoms with Gasteiger partial charge in [-0.15, -0.1) is 0 Å². The fraction of sp³-hybridized carbons (Fsp3) is 0.429. The number of rotatable bonds is 7. The first-order chi connectivity index (χ1) is 9.44.